The molecule has 1 aliphatic heterocycles. The van der Waals surface area contributed by atoms with Crippen LogP contribution in [0.5, 0.6) is 5.75 Å². The Morgan fingerprint density at radius 2 is 2.29 bits per heavy atom. The number of benzene rings is 1. The quantitative estimate of drug-likeness (QED) is 0.866. The SMILES string of the molecule is Cc1onc(C(=O)NCC2CCCO2)c1COc1ccccc1Cl. The Morgan fingerprint density at radius 3 is 3.04 bits per heavy atom. The van der Waals surface area contributed by atoms with Crippen molar-refractivity contribution >= 4 is 17.5 Å². The second kappa shape index (κ2) is 7.68. The van der Waals surface area contributed by atoms with E-state index < -0.39 is 0 Å². The number of aryl methyl sites for hydroxylation is 1. The van der Waals surface area contributed by atoms with Crippen LogP contribution in [0.3, 0.4) is 0 Å². The van der Waals surface area contributed by atoms with E-state index in [2.05, 4.69) is 10.5 Å². The zero-order valence-corrected chi connectivity index (χ0v) is 14.1. The van der Waals surface area contributed by atoms with Gasteiger partial charge in [-0.15, -0.1) is 0 Å². The van der Waals surface area contributed by atoms with Gasteiger partial charge in [0.1, 0.15) is 18.1 Å². The molecule has 1 amide bonds. The molecule has 3 rings (SSSR count). The van der Waals surface area contributed by atoms with Crippen molar-refractivity contribution < 1.29 is 18.8 Å². The molecule has 1 aliphatic rings. The molecule has 0 radical (unpaired) electrons. The Kier molecular flexibility index (Phi) is 5.37. The third-order valence-electron chi connectivity index (χ3n) is 3.92. The molecule has 1 aromatic carbocycles. The summed E-state index contributed by atoms with van der Waals surface area (Å²) in [4.78, 5) is 12.3. The number of carbonyl (C=O) groups is 1. The standard InChI is InChI=1S/C17H19ClN2O4/c1-11-13(10-23-15-7-3-2-6-14(15)18)16(20-24-11)17(21)19-9-12-5-4-8-22-12/h2-3,6-7,12H,4-5,8-10H2,1H3,(H,19,21). The van der Waals surface area contributed by atoms with E-state index in [9.17, 15) is 4.79 Å². The van der Waals surface area contributed by atoms with Gasteiger partial charge in [-0.2, -0.15) is 0 Å². The maximum Gasteiger partial charge on any atom is 0.273 e. The number of ether oxygens (including phenoxy) is 2. The fourth-order valence-corrected chi connectivity index (χ4v) is 2.74. The lowest BCUT2D eigenvalue weighted by atomic mass is 10.2. The molecule has 0 bridgehead atoms. The van der Waals surface area contributed by atoms with Crippen molar-refractivity contribution in [2.24, 2.45) is 0 Å². The summed E-state index contributed by atoms with van der Waals surface area (Å²) in [5.74, 6) is 0.801. The zero-order valence-electron chi connectivity index (χ0n) is 13.4. The third kappa shape index (κ3) is 3.88. The Balaban J connectivity index is 1.64. The number of nitrogens with zero attached hydrogens (tertiary/aromatic N) is 1. The van der Waals surface area contributed by atoms with E-state index in [1.807, 2.05) is 12.1 Å². The molecule has 0 aliphatic carbocycles. The van der Waals surface area contributed by atoms with Gasteiger partial charge in [0.05, 0.1) is 16.7 Å². The second-order valence-corrected chi connectivity index (χ2v) is 6.04. The van der Waals surface area contributed by atoms with Crippen LogP contribution in [0.1, 0.15) is 34.7 Å². The Labute approximate surface area is 145 Å². The van der Waals surface area contributed by atoms with Gasteiger partial charge in [0.15, 0.2) is 5.69 Å². The number of para-hydroxylation sites is 1. The molecule has 1 N–H and O–H groups in total. The highest BCUT2D eigenvalue weighted by atomic mass is 35.5. The maximum atomic E-state index is 12.3. The molecule has 0 saturated carbocycles. The lowest BCUT2D eigenvalue weighted by Gasteiger charge is -2.11. The average molecular weight is 351 g/mol. The topological polar surface area (TPSA) is 73.6 Å². The lowest BCUT2D eigenvalue weighted by molar-refractivity contribution is 0.0848. The van der Waals surface area contributed by atoms with Crippen LogP contribution in [0.4, 0.5) is 0 Å². The fraction of sp³-hybridized carbons (Fsp3) is 0.412. The van der Waals surface area contributed by atoms with Crippen molar-refractivity contribution in [3.63, 3.8) is 0 Å². The minimum absolute atomic E-state index is 0.0739. The molecule has 0 spiro atoms. The van der Waals surface area contributed by atoms with E-state index in [1.54, 1.807) is 19.1 Å². The van der Waals surface area contributed by atoms with Gasteiger partial charge in [0, 0.05) is 13.2 Å². The van der Waals surface area contributed by atoms with Crippen LogP contribution in [0, 0.1) is 6.92 Å². The first-order valence-electron chi connectivity index (χ1n) is 7.87. The lowest BCUT2D eigenvalue weighted by Crippen LogP contribution is -2.32. The van der Waals surface area contributed by atoms with Crippen LogP contribution in [0.2, 0.25) is 5.02 Å². The molecule has 1 fully saturated rings. The molecule has 24 heavy (non-hydrogen) atoms. The summed E-state index contributed by atoms with van der Waals surface area (Å²) in [7, 11) is 0. The molecular formula is C17H19ClN2O4. The van der Waals surface area contributed by atoms with Gasteiger partial charge in [-0.05, 0) is 31.9 Å². The number of rotatable bonds is 6. The van der Waals surface area contributed by atoms with Crippen molar-refractivity contribution in [3.05, 3.63) is 46.3 Å². The first-order chi connectivity index (χ1) is 11.6. The van der Waals surface area contributed by atoms with E-state index in [4.69, 9.17) is 25.6 Å². The van der Waals surface area contributed by atoms with Gasteiger partial charge < -0.3 is 19.3 Å². The van der Waals surface area contributed by atoms with Crippen LogP contribution in [0.25, 0.3) is 0 Å². The van der Waals surface area contributed by atoms with Crippen LogP contribution in [-0.2, 0) is 11.3 Å². The highest BCUT2D eigenvalue weighted by molar-refractivity contribution is 6.32. The third-order valence-corrected chi connectivity index (χ3v) is 4.23. The summed E-state index contributed by atoms with van der Waals surface area (Å²) >= 11 is 6.07. The Morgan fingerprint density at radius 1 is 1.46 bits per heavy atom. The van der Waals surface area contributed by atoms with Gasteiger partial charge in [0.2, 0.25) is 0 Å². The number of nitrogens with one attached hydrogen (secondary N) is 1. The monoisotopic (exact) mass is 350 g/mol. The molecule has 6 nitrogen and oxygen atoms in total. The van der Waals surface area contributed by atoms with Crippen molar-refractivity contribution in [1.82, 2.24) is 10.5 Å². The van der Waals surface area contributed by atoms with Crippen molar-refractivity contribution in [2.45, 2.75) is 32.5 Å². The van der Waals surface area contributed by atoms with Crippen LogP contribution in [0.15, 0.2) is 28.8 Å². The largest absolute Gasteiger partial charge is 0.487 e. The first kappa shape index (κ1) is 16.8. The molecule has 2 aromatic rings. The van der Waals surface area contributed by atoms with E-state index in [1.165, 1.54) is 0 Å². The number of hydrogen-bond donors (Lipinski definition) is 1. The molecule has 1 atom stereocenters. The average Bonchev–Trinajstić information content (AvgIpc) is 3.22. The summed E-state index contributed by atoms with van der Waals surface area (Å²) in [6, 6.07) is 7.16. The van der Waals surface area contributed by atoms with Crippen molar-refractivity contribution in [3.8, 4) is 5.75 Å². The fourth-order valence-electron chi connectivity index (χ4n) is 2.55. The smallest absolute Gasteiger partial charge is 0.273 e. The summed E-state index contributed by atoms with van der Waals surface area (Å²) in [6.45, 7) is 3.12. The van der Waals surface area contributed by atoms with Crippen molar-refractivity contribution in [2.75, 3.05) is 13.2 Å². The van der Waals surface area contributed by atoms with E-state index in [0.717, 1.165) is 19.4 Å². The number of hydrogen-bond acceptors (Lipinski definition) is 5. The minimum atomic E-state index is -0.292. The number of carbonyl (C=O) groups excluding carboxylic acids is 1. The summed E-state index contributed by atoms with van der Waals surface area (Å²) in [5, 5.41) is 7.20. The normalized spacial score (nSPS) is 17.0. The van der Waals surface area contributed by atoms with Crippen LogP contribution < -0.4 is 10.1 Å². The van der Waals surface area contributed by atoms with Gasteiger partial charge in [-0.25, -0.2) is 0 Å². The van der Waals surface area contributed by atoms with E-state index >= 15 is 0 Å². The molecule has 1 unspecified atom stereocenters. The van der Waals surface area contributed by atoms with Gasteiger partial charge in [-0.1, -0.05) is 28.9 Å². The molecule has 7 heteroatoms. The number of halogens is 1. The van der Waals surface area contributed by atoms with E-state index in [-0.39, 0.29) is 24.3 Å². The predicted molar refractivity (Wildman–Crippen MR) is 88.3 cm³/mol. The molecule has 2 heterocycles. The Hall–Kier alpha value is -2.05. The van der Waals surface area contributed by atoms with Crippen molar-refractivity contribution in [1.29, 1.82) is 0 Å². The highest BCUT2D eigenvalue weighted by Gasteiger charge is 2.22. The summed E-state index contributed by atoms with van der Waals surface area (Å²) in [6.07, 6.45) is 2.06. The molecule has 1 saturated heterocycles. The zero-order chi connectivity index (χ0) is 16.9. The van der Waals surface area contributed by atoms with Crippen LogP contribution in [-0.4, -0.2) is 30.3 Å². The van der Waals surface area contributed by atoms with Gasteiger partial charge in [0.25, 0.3) is 5.91 Å². The van der Waals surface area contributed by atoms with Gasteiger partial charge in [-0.3, -0.25) is 4.79 Å². The number of aromatic nitrogens is 1. The summed E-state index contributed by atoms with van der Waals surface area (Å²) < 4.78 is 16.3. The van der Waals surface area contributed by atoms with Gasteiger partial charge >= 0.3 is 0 Å². The molecular weight excluding hydrogens is 332 g/mol. The molecule has 1 aromatic heterocycles. The predicted octanol–water partition coefficient (Wildman–Crippen LogP) is 3.12. The summed E-state index contributed by atoms with van der Waals surface area (Å²) in [5.41, 5.74) is 0.845. The Bertz CT molecular complexity index is 710. The van der Waals surface area contributed by atoms with E-state index in [0.29, 0.717) is 28.6 Å². The maximum absolute atomic E-state index is 12.3. The first-order valence-corrected chi connectivity index (χ1v) is 8.25. The highest BCUT2D eigenvalue weighted by Crippen LogP contribution is 2.25. The molecule has 128 valence electrons. The van der Waals surface area contributed by atoms with Crippen LogP contribution >= 0.6 is 11.6 Å². The second-order valence-electron chi connectivity index (χ2n) is 5.63. The minimum Gasteiger partial charge on any atom is -0.487 e. The number of amides is 1.